The van der Waals surface area contributed by atoms with Crippen molar-refractivity contribution in [3.63, 3.8) is 0 Å². The third kappa shape index (κ3) is 6.43. The number of hydrogen-bond donors (Lipinski definition) is 3. The standard InChI is InChI=1S/C34H31N7O3/c35-33-32-24(20-41(34(32)39-22-38-33)31-19-29(43)30(21-42)44-31)12-6-4-2-1-3-5-11-23-17-27(25-13-7-9-15-36-25)40-28(18-23)26-14-8-10-16-37-26/h7-10,13-18,20,22,29-31,42-43H,1-4,19,21H2,(H2,35,38,39)/t29-,30+,31+/m0/s1. The predicted octanol–water partition coefficient (Wildman–Crippen LogP) is 4.14. The van der Waals surface area contributed by atoms with Crippen molar-refractivity contribution in [1.29, 1.82) is 0 Å². The van der Waals surface area contributed by atoms with E-state index >= 15 is 0 Å². The minimum Gasteiger partial charge on any atom is -0.394 e. The molecule has 1 aliphatic heterocycles. The van der Waals surface area contributed by atoms with Crippen molar-refractivity contribution < 1.29 is 14.9 Å². The molecule has 6 heterocycles. The zero-order valence-corrected chi connectivity index (χ0v) is 24.0. The number of anilines is 1. The first-order chi connectivity index (χ1) is 21.6. The Morgan fingerprint density at radius 3 is 2.18 bits per heavy atom. The zero-order chi connectivity index (χ0) is 30.3. The van der Waals surface area contributed by atoms with E-state index in [1.165, 1.54) is 6.33 Å². The molecule has 3 atom stereocenters. The molecule has 0 unspecified atom stereocenters. The number of aliphatic hydroxyl groups is 2. The van der Waals surface area contributed by atoms with E-state index in [4.69, 9.17) is 15.5 Å². The minimum absolute atomic E-state index is 0.258. The van der Waals surface area contributed by atoms with Crippen LogP contribution >= 0.6 is 0 Å². The Balaban J connectivity index is 1.11. The number of nitrogen functional groups attached to an aromatic ring is 1. The van der Waals surface area contributed by atoms with Crippen LogP contribution in [0.15, 0.2) is 73.4 Å². The van der Waals surface area contributed by atoms with Crippen LogP contribution in [0.3, 0.4) is 0 Å². The van der Waals surface area contributed by atoms with E-state index in [1.54, 1.807) is 12.4 Å². The van der Waals surface area contributed by atoms with Crippen LogP contribution in [0.1, 0.15) is 49.5 Å². The molecule has 0 radical (unpaired) electrons. The molecule has 220 valence electrons. The summed E-state index contributed by atoms with van der Waals surface area (Å²) in [6.07, 6.45) is 8.39. The van der Waals surface area contributed by atoms with E-state index in [0.717, 1.165) is 47.6 Å². The van der Waals surface area contributed by atoms with Gasteiger partial charge in [0, 0.05) is 43.4 Å². The molecule has 0 spiro atoms. The molecule has 0 amide bonds. The highest BCUT2D eigenvalue weighted by Crippen LogP contribution is 2.34. The van der Waals surface area contributed by atoms with E-state index in [-0.39, 0.29) is 6.61 Å². The zero-order valence-electron chi connectivity index (χ0n) is 24.0. The first kappa shape index (κ1) is 29.0. The van der Waals surface area contributed by atoms with Gasteiger partial charge in [0.05, 0.1) is 46.4 Å². The number of unbranched alkanes of at least 4 members (excludes halogenated alkanes) is 3. The van der Waals surface area contributed by atoms with Crippen LogP contribution in [0.2, 0.25) is 0 Å². The SMILES string of the molecule is Nc1ncnc2c1c(C#CCCCCC#Cc1cc(-c3ccccn3)nc(-c3ccccn3)c1)cn2[C@H]1C[C@H](O)[C@@H](CO)O1. The first-order valence-electron chi connectivity index (χ1n) is 14.5. The average molecular weight is 586 g/mol. The Morgan fingerprint density at radius 2 is 1.57 bits per heavy atom. The highest BCUT2D eigenvalue weighted by molar-refractivity contribution is 5.92. The van der Waals surface area contributed by atoms with Gasteiger partial charge in [-0.05, 0) is 49.2 Å². The Kier molecular flexibility index (Phi) is 8.85. The summed E-state index contributed by atoms with van der Waals surface area (Å²) in [5.41, 5.74) is 11.4. The van der Waals surface area contributed by atoms with E-state index in [2.05, 4.69) is 43.6 Å². The molecule has 1 fully saturated rings. The second-order valence-electron chi connectivity index (χ2n) is 10.4. The number of fused-ring (bicyclic) bond motifs is 1. The Hall–Kier alpha value is -5.13. The number of nitrogens with two attached hydrogens (primary N) is 1. The predicted molar refractivity (Wildman–Crippen MR) is 166 cm³/mol. The lowest BCUT2D eigenvalue weighted by atomic mass is 10.1. The highest BCUT2D eigenvalue weighted by Gasteiger charge is 2.35. The van der Waals surface area contributed by atoms with Crippen LogP contribution in [0.25, 0.3) is 33.8 Å². The van der Waals surface area contributed by atoms with Gasteiger partial charge < -0.3 is 25.3 Å². The second kappa shape index (κ2) is 13.4. The van der Waals surface area contributed by atoms with Gasteiger partial charge in [0.15, 0.2) is 0 Å². The molecule has 0 bridgehead atoms. The third-order valence-corrected chi connectivity index (χ3v) is 7.32. The lowest BCUT2D eigenvalue weighted by Gasteiger charge is -2.14. The molecule has 5 aromatic rings. The minimum atomic E-state index is -0.760. The van der Waals surface area contributed by atoms with E-state index in [0.29, 0.717) is 35.3 Å². The fourth-order valence-corrected chi connectivity index (χ4v) is 5.12. The molecular weight excluding hydrogens is 554 g/mol. The van der Waals surface area contributed by atoms with Crippen molar-refractivity contribution in [3.8, 4) is 46.5 Å². The number of hydrogen-bond acceptors (Lipinski definition) is 9. The van der Waals surface area contributed by atoms with E-state index in [9.17, 15) is 10.2 Å². The summed E-state index contributed by atoms with van der Waals surface area (Å²) in [7, 11) is 0. The van der Waals surface area contributed by atoms with Gasteiger partial charge >= 0.3 is 0 Å². The number of aromatic nitrogens is 6. The van der Waals surface area contributed by atoms with Crippen molar-refractivity contribution >= 4 is 16.9 Å². The maximum absolute atomic E-state index is 10.2. The lowest BCUT2D eigenvalue weighted by Crippen LogP contribution is -2.24. The fraction of sp³-hybridized carbons (Fsp3) is 0.265. The van der Waals surface area contributed by atoms with Crippen molar-refractivity contribution in [1.82, 2.24) is 29.5 Å². The van der Waals surface area contributed by atoms with E-state index in [1.807, 2.05) is 59.3 Å². The molecule has 6 rings (SSSR count). The highest BCUT2D eigenvalue weighted by atomic mass is 16.5. The molecule has 1 saturated heterocycles. The second-order valence-corrected chi connectivity index (χ2v) is 10.4. The van der Waals surface area contributed by atoms with Gasteiger partial charge in [0.25, 0.3) is 0 Å². The number of rotatable bonds is 7. The van der Waals surface area contributed by atoms with Crippen LogP contribution in [0.5, 0.6) is 0 Å². The number of ether oxygens (including phenoxy) is 1. The van der Waals surface area contributed by atoms with Crippen LogP contribution in [0.4, 0.5) is 5.82 Å². The maximum Gasteiger partial charge on any atom is 0.148 e. The molecule has 0 aromatic carbocycles. The molecule has 4 N–H and O–H groups in total. The smallest absolute Gasteiger partial charge is 0.148 e. The van der Waals surface area contributed by atoms with Gasteiger partial charge in [0.1, 0.15) is 30.1 Å². The van der Waals surface area contributed by atoms with Crippen LogP contribution in [-0.4, -0.2) is 58.5 Å². The van der Waals surface area contributed by atoms with Crippen molar-refractivity contribution in [2.24, 2.45) is 0 Å². The molecule has 0 saturated carbocycles. The number of pyridine rings is 3. The van der Waals surface area contributed by atoms with Crippen molar-refractivity contribution in [3.05, 3.63) is 84.6 Å². The maximum atomic E-state index is 10.2. The summed E-state index contributed by atoms with van der Waals surface area (Å²) >= 11 is 0. The van der Waals surface area contributed by atoms with E-state index < -0.39 is 18.4 Å². The lowest BCUT2D eigenvalue weighted by molar-refractivity contribution is -0.0430. The van der Waals surface area contributed by atoms with Gasteiger partial charge in [0.2, 0.25) is 0 Å². The Labute approximate surface area is 255 Å². The monoisotopic (exact) mass is 585 g/mol. The van der Waals surface area contributed by atoms with Crippen molar-refractivity contribution in [2.75, 3.05) is 12.3 Å². The summed E-state index contributed by atoms with van der Waals surface area (Å²) in [6, 6.07) is 15.4. The Morgan fingerprint density at radius 1 is 0.886 bits per heavy atom. The third-order valence-electron chi connectivity index (χ3n) is 7.32. The molecule has 10 heteroatoms. The summed E-state index contributed by atoms with van der Waals surface area (Å²) in [5, 5.41) is 20.3. The van der Waals surface area contributed by atoms with Gasteiger partial charge in [-0.15, -0.1) is 0 Å². The molecule has 44 heavy (non-hydrogen) atoms. The van der Waals surface area contributed by atoms with Gasteiger partial charge in [-0.25, -0.2) is 15.0 Å². The van der Waals surface area contributed by atoms with Crippen LogP contribution < -0.4 is 5.73 Å². The van der Waals surface area contributed by atoms with Crippen LogP contribution in [-0.2, 0) is 4.74 Å². The fourth-order valence-electron chi connectivity index (χ4n) is 5.12. The molecular formula is C34H31N7O3. The summed E-state index contributed by atoms with van der Waals surface area (Å²) < 4.78 is 7.64. The first-order valence-corrected chi connectivity index (χ1v) is 14.5. The van der Waals surface area contributed by atoms with Gasteiger partial charge in [-0.2, -0.15) is 0 Å². The summed E-state index contributed by atoms with van der Waals surface area (Å²) in [5.74, 6) is 13.4. The van der Waals surface area contributed by atoms with Crippen LogP contribution in [0, 0.1) is 23.7 Å². The quantitative estimate of drug-likeness (QED) is 0.190. The molecule has 10 nitrogen and oxygen atoms in total. The normalized spacial score (nSPS) is 17.5. The molecule has 1 aliphatic rings. The Bertz CT molecular complexity index is 1810. The molecule has 5 aromatic heterocycles. The number of aliphatic hydroxyl groups excluding tert-OH is 2. The largest absolute Gasteiger partial charge is 0.394 e. The number of nitrogens with zero attached hydrogens (tertiary/aromatic N) is 6. The van der Waals surface area contributed by atoms with Crippen molar-refractivity contribution in [2.45, 2.75) is 50.5 Å². The topological polar surface area (TPSA) is 145 Å². The average Bonchev–Trinajstić information content (AvgIpc) is 3.63. The van der Waals surface area contributed by atoms with Gasteiger partial charge in [-0.3, -0.25) is 9.97 Å². The summed E-state index contributed by atoms with van der Waals surface area (Å²) in [4.78, 5) is 22.2. The summed E-state index contributed by atoms with van der Waals surface area (Å²) in [6.45, 7) is -0.258. The molecule has 0 aliphatic carbocycles. The van der Waals surface area contributed by atoms with Gasteiger partial charge in [-0.1, -0.05) is 35.8 Å².